The average molecular weight is 555 g/mol. The Morgan fingerprint density at radius 2 is 1.93 bits per heavy atom. The lowest BCUT2D eigenvalue weighted by atomic mass is 9.93. The van der Waals surface area contributed by atoms with Gasteiger partial charge in [0.2, 0.25) is 0 Å². The summed E-state index contributed by atoms with van der Waals surface area (Å²) in [5.41, 5.74) is 8.24. The van der Waals surface area contributed by atoms with Gasteiger partial charge in [-0.05, 0) is 63.3 Å². The minimum atomic E-state index is -0.520. The van der Waals surface area contributed by atoms with Gasteiger partial charge in [-0.2, -0.15) is 0 Å². The van der Waals surface area contributed by atoms with Crippen LogP contribution in [0.3, 0.4) is 0 Å². The molecular formula is C30H34N8O3. The van der Waals surface area contributed by atoms with Gasteiger partial charge in [-0.3, -0.25) is 23.7 Å². The van der Waals surface area contributed by atoms with Crippen LogP contribution in [0.4, 0.5) is 5.82 Å². The van der Waals surface area contributed by atoms with Crippen LogP contribution in [0.1, 0.15) is 55.1 Å². The third-order valence-corrected chi connectivity index (χ3v) is 8.18. The van der Waals surface area contributed by atoms with Gasteiger partial charge in [0.25, 0.3) is 11.5 Å². The maximum Gasteiger partial charge on any atom is 0.331 e. The number of amides is 1. The van der Waals surface area contributed by atoms with E-state index in [0.29, 0.717) is 41.2 Å². The smallest absolute Gasteiger partial charge is 0.331 e. The van der Waals surface area contributed by atoms with Crippen LogP contribution in [-0.2, 0) is 20.1 Å². The van der Waals surface area contributed by atoms with Gasteiger partial charge >= 0.3 is 5.69 Å². The summed E-state index contributed by atoms with van der Waals surface area (Å²) in [5.74, 6) is 6.31. The molecule has 2 aliphatic rings. The SMILES string of the molecule is CC#CCn1c(N2CCC[C@@H](N)C2)c(C(=O)NC2CCC2)c2c1c(=O)n(Cc1ccc3ncccc3n1)c(=O)n2C. The number of carbonyl (C=O) groups is 1. The van der Waals surface area contributed by atoms with Crippen molar-refractivity contribution in [2.75, 3.05) is 18.0 Å². The summed E-state index contributed by atoms with van der Waals surface area (Å²) in [4.78, 5) is 52.9. The van der Waals surface area contributed by atoms with Crippen molar-refractivity contribution in [2.45, 2.75) is 64.2 Å². The van der Waals surface area contributed by atoms with Gasteiger partial charge in [-0.25, -0.2) is 9.78 Å². The first kappa shape index (κ1) is 26.8. The van der Waals surface area contributed by atoms with E-state index >= 15 is 0 Å². The molecule has 0 aromatic carbocycles. The molecule has 212 valence electrons. The van der Waals surface area contributed by atoms with Crippen molar-refractivity contribution in [1.82, 2.24) is 29.0 Å². The normalized spacial score (nSPS) is 17.3. The Balaban J connectivity index is 1.59. The molecular weight excluding hydrogens is 520 g/mol. The number of nitrogens with two attached hydrogens (primary N) is 1. The molecule has 1 aliphatic carbocycles. The van der Waals surface area contributed by atoms with Crippen LogP contribution < -0.4 is 27.2 Å². The lowest BCUT2D eigenvalue weighted by molar-refractivity contribution is 0.0918. The van der Waals surface area contributed by atoms with E-state index < -0.39 is 11.2 Å². The van der Waals surface area contributed by atoms with E-state index in [9.17, 15) is 14.4 Å². The van der Waals surface area contributed by atoms with E-state index in [-0.39, 0.29) is 36.6 Å². The second-order valence-corrected chi connectivity index (χ2v) is 10.9. The number of pyridine rings is 2. The van der Waals surface area contributed by atoms with Crippen LogP contribution >= 0.6 is 0 Å². The predicted molar refractivity (Wildman–Crippen MR) is 158 cm³/mol. The van der Waals surface area contributed by atoms with Crippen molar-refractivity contribution >= 4 is 33.8 Å². The maximum atomic E-state index is 14.2. The summed E-state index contributed by atoms with van der Waals surface area (Å²) in [5, 5.41) is 3.14. The number of aromatic nitrogens is 5. The van der Waals surface area contributed by atoms with E-state index in [1.54, 1.807) is 36.9 Å². The first-order valence-corrected chi connectivity index (χ1v) is 14.1. The number of rotatable bonds is 6. The molecule has 1 amide bonds. The molecule has 1 atom stereocenters. The van der Waals surface area contributed by atoms with Crippen molar-refractivity contribution in [3.05, 3.63) is 62.6 Å². The minimum absolute atomic E-state index is 0.0234. The van der Waals surface area contributed by atoms with Crippen LogP contribution in [0.25, 0.3) is 22.1 Å². The second-order valence-electron chi connectivity index (χ2n) is 10.9. The summed E-state index contributed by atoms with van der Waals surface area (Å²) in [6, 6.07) is 7.24. The monoisotopic (exact) mass is 554 g/mol. The Morgan fingerprint density at radius 1 is 1.10 bits per heavy atom. The van der Waals surface area contributed by atoms with E-state index in [1.807, 2.05) is 12.1 Å². The molecule has 0 unspecified atom stereocenters. The number of hydrogen-bond donors (Lipinski definition) is 2. The number of hydrogen-bond acceptors (Lipinski definition) is 7. The first-order valence-electron chi connectivity index (χ1n) is 14.1. The summed E-state index contributed by atoms with van der Waals surface area (Å²) in [6.07, 6.45) is 6.32. The highest BCUT2D eigenvalue weighted by molar-refractivity contribution is 6.11. The molecule has 0 radical (unpaired) electrons. The number of piperidine rings is 1. The molecule has 0 spiro atoms. The van der Waals surface area contributed by atoms with Gasteiger partial charge in [-0.1, -0.05) is 5.92 Å². The molecule has 3 N–H and O–H groups in total. The fourth-order valence-electron chi connectivity index (χ4n) is 5.88. The lowest BCUT2D eigenvalue weighted by Gasteiger charge is -2.34. The Kier molecular flexibility index (Phi) is 7.09. The van der Waals surface area contributed by atoms with E-state index in [4.69, 9.17) is 5.73 Å². The highest BCUT2D eigenvalue weighted by Gasteiger charge is 2.34. The van der Waals surface area contributed by atoms with E-state index in [1.165, 1.54) is 9.13 Å². The van der Waals surface area contributed by atoms with Crippen molar-refractivity contribution in [2.24, 2.45) is 12.8 Å². The zero-order valence-electron chi connectivity index (χ0n) is 23.4. The summed E-state index contributed by atoms with van der Waals surface area (Å²) in [7, 11) is 1.61. The largest absolute Gasteiger partial charge is 0.356 e. The second kappa shape index (κ2) is 10.9. The Morgan fingerprint density at radius 3 is 2.66 bits per heavy atom. The number of fused-ring (bicyclic) bond motifs is 2. The molecule has 1 saturated heterocycles. The van der Waals surface area contributed by atoms with Crippen LogP contribution in [0.5, 0.6) is 0 Å². The topological polar surface area (TPSA) is 133 Å². The van der Waals surface area contributed by atoms with Gasteiger partial charge in [0.15, 0.2) is 0 Å². The van der Waals surface area contributed by atoms with Crippen LogP contribution in [0, 0.1) is 11.8 Å². The van der Waals surface area contributed by atoms with Gasteiger partial charge in [0, 0.05) is 38.4 Å². The highest BCUT2D eigenvalue weighted by atomic mass is 16.2. The molecule has 11 nitrogen and oxygen atoms in total. The van der Waals surface area contributed by atoms with Crippen molar-refractivity contribution in [3.63, 3.8) is 0 Å². The summed E-state index contributed by atoms with van der Waals surface area (Å²) in [6.45, 7) is 3.13. The molecule has 11 heteroatoms. The molecule has 4 aromatic heterocycles. The predicted octanol–water partition coefficient (Wildman–Crippen LogP) is 1.73. The molecule has 5 heterocycles. The van der Waals surface area contributed by atoms with Gasteiger partial charge in [0.05, 0.1) is 35.3 Å². The number of aryl methyl sites for hydroxylation is 1. The number of nitrogens with zero attached hydrogens (tertiary/aromatic N) is 6. The van der Waals surface area contributed by atoms with Crippen LogP contribution in [-0.4, -0.2) is 54.7 Å². The van der Waals surface area contributed by atoms with Crippen LogP contribution in [0.15, 0.2) is 40.1 Å². The fourth-order valence-corrected chi connectivity index (χ4v) is 5.88. The molecule has 6 rings (SSSR count). The number of carbonyl (C=O) groups excluding carboxylic acids is 1. The van der Waals surface area contributed by atoms with E-state index in [2.05, 4.69) is 32.0 Å². The third-order valence-electron chi connectivity index (χ3n) is 8.18. The maximum absolute atomic E-state index is 14.2. The van der Waals surface area contributed by atoms with Gasteiger partial charge < -0.3 is 20.5 Å². The molecule has 2 fully saturated rings. The molecule has 4 aromatic rings. The fraction of sp³-hybridized carbons (Fsp3) is 0.433. The average Bonchev–Trinajstić information content (AvgIpc) is 3.30. The number of nitrogens with one attached hydrogen (secondary N) is 1. The molecule has 0 bridgehead atoms. The summed E-state index contributed by atoms with van der Waals surface area (Å²) >= 11 is 0. The van der Waals surface area contributed by atoms with Crippen molar-refractivity contribution in [1.29, 1.82) is 0 Å². The molecule has 41 heavy (non-hydrogen) atoms. The Bertz CT molecular complexity index is 1840. The quantitative estimate of drug-likeness (QED) is 0.347. The minimum Gasteiger partial charge on any atom is -0.356 e. The Hall–Kier alpha value is -4.43. The highest BCUT2D eigenvalue weighted by Crippen LogP contribution is 2.33. The standard InChI is InChI=1S/C30H34N8O3/c1-3-4-16-37-26-25(24(27(39)34-20-9-5-10-20)28(37)36-15-7-8-19(31)17-36)35(2)30(41)38(29(26)40)18-21-12-13-22-23(33-21)11-6-14-32-22/h6,11-14,19-20H,5,7-10,15-18,31H2,1-2H3,(H,34,39)/t19-/m1/s1. The molecule has 1 aliphatic heterocycles. The lowest BCUT2D eigenvalue weighted by Crippen LogP contribution is -2.45. The third kappa shape index (κ3) is 4.78. The van der Waals surface area contributed by atoms with E-state index in [0.717, 1.165) is 37.6 Å². The van der Waals surface area contributed by atoms with Gasteiger partial charge in [0.1, 0.15) is 16.9 Å². The van der Waals surface area contributed by atoms with Crippen molar-refractivity contribution < 1.29 is 4.79 Å². The summed E-state index contributed by atoms with van der Waals surface area (Å²) < 4.78 is 4.40. The first-order chi connectivity index (χ1) is 19.9. The van der Waals surface area contributed by atoms with Crippen LogP contribution in [0.2, 0.25) is 0 Å². The van der Waals surface area contributed by atoms with Gasteiger partial charge in [-0.15, -0.1) is 5.92 Å². The zero-order chi connectivity index (χ0) is 28.7. The number of anilines is 1. The Labute approximate surface area is 237 Å². The van der Waals surface area contributed by atoms with Crippen molar-refractivity contribution in [3.8, 4) is 11.8 Å². The molecule has 1 saturated carbocycles. The zero-order valence-corrected chi connectivity index (χ0v) is 23.4.